The van der Waals surface area contributed by atoms with Crippen LogP contribution in [0.5, 0.6) is 0 Å². The number of aliphatic hydroxyl groups is 1. The van der Waals surface area contributed by atoms with Crippen LogP contribution in [0.3, 0.4) is 0 Å². The van der Waals surface area contributed by atoms with Crippen LogP contribution in [0.1, 0.15) is 25.0 Å². The van der Waals surface area contributed by atoms with Crippen molar-refractivity contribution < 1.29 is 15.0 Å². The van der Waals surface area contributed by atoms with Crippen molar-refractivity contribution >= 4 is 11.7 Å². The smallest absolute Gasteiger partial charge is 0.328 e. The van der Waals surface area contributed by atoms with E-state index in [2.05, 4.69) is 5.32 Å². The lowest BCUT2D eigenvalue weighted by Gasteiger charge is -2.14. The largest absolute Gasteiger partial charge is 0.480 e. The summed E-state index contributed by atoms with van der Waals surface area (Å²) in [5.41, 5.74) is 2.94. The lowest BCUT2D eigenvalue weighted by atomic mass is 10.1. The van der Waals surface area contributed by atoms with Crippen molar-refractivity contribution in [3.05, 3.63) is 29.3 Å². The van der Waals surface area contributed by atoms with E-state index in [0.717, 1.165) is 11.1 Å². The van der Waals surface area contributed by atoms with E-state index in [9.17, 15) is 4.79 Å². The number of aryl methyl sites for hydroxylation is 2. The van der Waals surface area contributed by atoms with Crippen LogP contribution >= 0.6 is 0 Å². The molecule has 0 aromatic heterocycles. The van der Waals surface area contributed by atoms with Gasteiger partial charge in [0.15, 0.2) is 0 Å². The maximum absolute atomic E-state index is 10.7. The highest BCUT2D eigenvalue weighted by Crippen LogP contribution is 2.14. The predicted octanol–water partition coefficient (Wildman–Crippen LogP) is 2.19. The predicted molar refractivity (Wildman–Crippen MR) is 69.4 cm³/mol. The second-order valence-electron chi connectivity index (χ2n) is 3.52. The summed E-state index contributed by atoms with van der Waals surface area (Å²) in [6.45, 7) is 7.51. The van der Waals surface area contributed by atoms with Crippen LogP contribution in [0.4, 0.5) is 5.69 Å². The van der Waals surface area contributed by atoms with E-state index >= 15 is 0 Å². The fourth-order valence-electron chi connectivity index (χ4n) is 1.22. The molecule has 96 valence electrons. The van der Waals surface area contributed by atoms with Crippen LogP contribution in [-0.4, -0.2) is 28.8 Å². The van der Waals surface area contributed by atoms with Crippen molar-refractivity contribution in [3.8, 4) is 0 Å². The minimum Gasteiger partial charge on any atom is -0.480 e. The number of carbonyl (C=O) groups is 1. The zero-order valence-corrected chi connectivity index (χ0v) is 10.8. The summed E-state index contributed by atoms with van der Waals surface area (Å²) in [5, 5.41) is 20.3. The van der Waals surface area contributed by atoms with Crippen molar-refractivity contribution in [1.82, 2.24) is 0 Å². The molecule has 4 nitrogen and oxygen atoms in total. The van der Waals surface area contributed by atoms with Gasteiger partial charge in [-0.1, -0.05) is 19.9 Å². The Morgan fingerprint density at radius 1 is 1.29 bits per heavy atom. The summed E-state index contributed by atoms with van der Waals surface area (Å²) < 4.78 is 0. The maximum atomic E-state index is 10.7. The number of rotatable bonds is 4. The van der Waals surface area contributed by atoms with Gasteiger partial charge in [-0.05, 0) is 37.1 Å². The molecule has 1 atom stereocenters. The molecule has 1 aromatic carbocycles. The number of aliphatic hydroxyl groups excluding tert-OH is 1. The van der Waals surface area contributed by atoms with Crippen LogP contribution in [0.2, 0.25) is 0 Å². The van der Waals surface area contributed by atoms with E-state index in [1.54, 1.807) is 6.07 Å². The zero-order chi connectivity index (χ0) is 13.4. The third kappa shape index (κ3) is 4.87. The summed E-state index contributed by atoms with van der Waals surface area (Å²) in [6.07, 6.45) is 0. The monoisotopic (exact) mass is 239 g/mol. The molecule has 0 saturated carbocycles. The van der Waals surface area contributed by atoms with Gasteiger partial charge in [-0.25, -0.2) is 4.79 Å². The lowest BCUT2D eigenvalue weighted by molar-refractivity contribution is -0.138. The minimum atomic E-state index is -1.06. The van der Waals surface area contributed by atoms with Crippen LogP contribution in [0.25, 0.3) is 0 Å². The van der Waals surface area contributed by atoms with Crippen molar-refractivity contribution in [2.75, 3.05) is 11.9 Å². The van der Waals surface area contributed by atoms with Gasteiger partial charge < -0.3 is 15.5 Å². The van der Waals surface area contributed by atoms with E-state index in [0.29, 0.717) is 5.69 Å². The Morgan fingerprint density at radius 2 is 1.88 bits per heavy atom. The fourth-order valence-corrected chi connectivity index (χ4v) is 1.22. The molecular formula is C13H21NO3. The Morgan fingerprint density at radius 3 is 2.29 bits per heavy atom. The van der Waals surface area contributed by atoms with E-state index in [1.807, 2.05) is 39.8 Å². The zero-order valence-electron chi connectivity index (χ0n) is 10.8. The number of hydrogen-bond donors (Lipinski definition) is 3. The van der Waals surface area contributed by atoms with E-state index in [4.69, 9.17) is 10.2 Å². The molecule has 3 N–H and O–H groups in total. The average Bonchev–Trinajstić information content (AvgIpc) is 2.32. The number of benzene rings is 1. The van der Waals surface area contributed by atoms with E-state index in [1.165, 1.54) is 0 Å². The summed E-state index contributed by atoms with van der Waals surface area (Å²) in [5.74, 6) is -1.06. The Kier molecular flexibility index (Phi) is 6.98. The first-order chi connectivity index (χ1) is 8.04. The standard InChI is InChI=1S/C11H15NO3.C2H6/c1-7-3-4-9(5-8(7)2)12-10(6-13)11(14)15;1-2/h3-5,10,12-13H,6H2,1-2H3,(H,14,15);1-2H3. The molecule has 0 saturated heterocycles. The Balaban J connectivity index is 0.00000121. The summed E-state index contributed by atoms with van der Waals surface area (Å²) in [7, 11) is 0. The molecule has 0 radical (unpaired) electrons. The Labute approximate surface area is 102 Å². The molecule has 1 rings (SSSR count). The third-order valence-electron chi connectivity index (χ3n) is 2.33. The van der Waals surface area contributed by atoms with Gasteiger partial charge in [0.2, 0.25) is 0 Å². The highest BCUT2D eigenvalue weighted by atomic mass is 16.4. The second kappa shape index (κ2) is 7.68. The second-order valence-corrected chi connectivity index (χ2v) is 3.52. The van der Waals surface area contributed by atoms with Crippen molar-refractivity contribution in [3.63, 3.8) is 0 Å². The highest BCUT2D eigenvalue weighted by molar-refractivity contribution is 5.77. The number of anilines is 1. The molecule has 0 fully saturated rings. The van der Waals surface area contributed by atoms with Crippen LogP contribution < -0.4 is 5.32 Å². The molecule has 0 aliphatic rings. The van der Waals surface area contributed by atoms with Gasteiger partial charge >= 0.3 is 5.97 Å². The molecule has 17 heavy (non-hydrogen) atoms. The average molecular weight is 239 g/mol. The van der Waals surface area contributed by atoms with Gasteiger partial charge in [-0.15, -0.1) is 0 Å². The topological polar surface area (TPSA) is 69.6 Å². The molecular weight excluding hydrogens is 218 g/mol. The van der Waals surface area contributed by atoms with Gasteiger partial charge in [0.1, 0.15) is 6.04 Å². The molecule has 4 heteroatoms. The molecule has 0 bridgehead atoms. The first kappa shape index (κ1) is 15.4. The molecule has 0 aliphatic carbocycles. The number of carboxylic acids is 1. The Hall–Kier alpha value is -1.55. The van der Waals surface area contributed by atoms with Crippen molar-refractivity contribution in [2.45, 2.75) is 33.7 Å². The molecule has 0 heterocycles. The van der Waals surface area contributed by atoms with E-state index < -0.39 is 18.6 Å². The summed E-state index contributed by atoms with van der Waals surface area (Å²) in [4.78, 5) is 10.7. The fraction of sp³-hybridized carbons (Fsp3) is 0.462. The third-order valence-corrected chi connectivity index (χ3v) is 2.33. The van der Waals surface area contributed by atoms with Crippen molar-refractivity contribution in [2.24, 2.45) is 0 Å². The molecule has 0 amide bonds. The summed E-state index contributed by atoms with van der Waals surface area (Å²) in [6, 6.07) is 4.62. The molecule has 1 unspecified atom stereocenters. The van der Waals surface area contributed by atoms with Gasteiger partial charge in [0.05, 0.1) is 6.61 Å². The molecule has 1 aromatic rings. The normalized spacial score (nSPS) is 11.1. The van der Waals surface area contributed by atoms with Gasteiger partial charge in [-0.2, -0.15) is 0 Å². The van der Waals surface area contributed by atoms with Crippen LogP contribution in [0, 0.1) is 13.8 Å². The Bertz CT molecular complexity index is 364. The van der Waals surface area contributed by atoms with Gasteiger partial charge in [-0.3, -0.25) is 0 Å². The SMILES string of the molecule is CC.Cc1ccc(NC(CO)C(=O)O)cc1C. The van der Waals surface area contributed by atoms with E-state index in [-0.39, 0.29) is 0 Å². The maximum Gasteiger partial charge on any atom is 0.328 e. The van der Waals surface area contributed by atoms with Gasteiger partial charge in [0.25, 0.3) is 0 Å². The summed E-state index contributed by atoms with van der Waals surface area (Å²) >= 11 is 0. The quantitative estimate of drug-likeness (QED) is 0.753. The number of nitrogens with one attached hydrogen (secondary N) is 1. The minimum absolute atomic E-state index is 0.428. The van der Waals surface area contributed by atoms with Crippen LogP contribution in [0.15, 0.2) is 18.2 Å². The number of carboxylic acid groups (broad SMARTS) is 1. The lowest BCUT2D eigenvalue weighted by Crippen LogP contribution is -2.32. The van der Waals surface area contributed by atoms with Crippen molar-refractivity contribution in [1.29, 1.82) is 0 Å². The number of aliphatic carboxylic acids is 1. The highest BCUT2D eigenvalue weighted by Gasteiger charge is 2.15. The first-order valence-corrected chi connectivity index (χ1v) is 5.72. The molecule has 0 aliphatic heterocycles. The first-order valence-electron chi connectivity index (χ1n) is 5.72. The van der Waals surface area contributed by atoms with Crippen LogP contribution in [-0.2, 0) is 4.79 Å². The molecule has 0 spiro atoms. The number of hydrogen-bond acceptors (Lipinski definition) is 3. The van der Waals surface area contributed by atoms with Gasteiger partial charge in [0, 0.05) is 5.69 Å².